The van der Waals surface area contributed by atoms with Crippen molar-refractivity contribution >= 4 is 29.3 Å². The third kappa shape index (κ3) is 5.61. The van der Waals surface area contributed by atoms with E-state index in [9.17, 15) is 9.59 Å². The number of ether oxygens (including phenoxy) is 1. The van der Waals surface area contributed by atoms with Crippen molar-refractivity contribution in [3.05, 3.63) is 28.8 Å². The molecule has 1 aromatic rings. The Morgan fingerprint density at radius 2 is 2.10 bits per heavy atom. The summed E-state index contributed by atoms with van der Waals surface area (Å²) in [7, 11) is 0. The van der Waals surface area contributed by atoms with E-state index in [1.54, 1.807) is 0 Å². The molecule has 21 heavy (non-hydrogen) atoms. The number of rotatable bonds is 7. The standard InChI is InChI=1S/C14H17ClN2O4/c15-11-5-10(13(18)19)6-12(7-11)17-14(20)16-3-4-21-8-9-1-2-9/h5-7,9H,1-4,8H2,(H,18,19)(H2,16,17,20). The van der Waals surface area contributed by atoms with Crippen molar-refractivity contribution in [1.29, 1.82) is 0 Å². The van der Waals surface area contributed by atoms with Gasteiger partial charge in [0.2, 0.25) is 0 Å². The van der Waals surface area contributed by atoms with Crippen LogP contribution >= 0.6 is 11.6 Å². The van der Waals surface area contributed by atoms with E-state index in [1.807, 2.05) is 0 Å². The normalized spacial score (nSPS) is 13.8. The van der Waals surface area contributed by atoms with Crippen LogP contribution in [0.5, 0.6) is 0 Å². The molecule has 3 N–H and O–H groups in total. The Morgan fingerprint density at radius 3 is 2.76 bits per heavy atom. The van der Waals surface area contributed by atoms with Gasteiger partial charge in [-0.3, -0.25) is 0 Å². The first-order chi connectivity index (χ1) is 10.0. The highest BCUT2D eigenvalue weighted by Crippen LogP contribution is 2.28. The summed E-state index contributed by atoms with van der Waals surface area (Å²) in [5, 5.41) is 14.3. The van der Waals surface area contributed by atoms with Crippen LogP contribution < -0.4 is 10.6 Å². The molecular weight excluding hydrogens is 296 g/mol. The fraction of sp³-hybridized carbons (Fsp3) is 0.429. The van der Waals surface area contributed by atoms with Crippen LogP contribution in [0.4, 0.5) is 10.5 Å². The number of aromatic carboxylic acids is 1. The number of hydrogen-bond acceptors (Lipinski definition) is 3. The first-order valence-electron chi connectivity index (χ1n) is 6.71. The summed E-state index contributed by atoms with van der Waals surface area (Å²) in [5.74, 6) is -0.408. The lowest BCUT2D eigenvalue weighted by atomic mass is 10.2. The van der Waals surface area contributed by atoms with Gasteiger partial charge < -0.3 is 20.5 Å². The summed E-state index contributed by atoms with van der Waals surface area (Å²) in [6.45, 7) is 1.60. The molecule has 2 amide bonds. The molecule has 0 aromatic heterocycles. The smallest absolute Gasteiger partial charge is 0.335 e. The molecule has 0 bridgehead atoms. The van der Waals surface area contributed by atoms with E-state index in [0.717, 1.165) is 6.61 Å². The summed E-state index contributed by atoms with van der Waals surface area (Å²) in [6, 6.07) is 3.72. The molecule has 1 aliphatic carbocycles. The highest BCUT2D eigenvalue weighted by molar-refractivity contribution is 6.31. The van der Waals surface area contributed by atoms with Crippen LogP contribution in [-0.2, 0) is 4.74 Å². The van der Waals surface area contributed by atoms with E-state index >= 15 is 0 Å². The predicted octanol–water partition coefficient (Wildman–Crippen LogP) is 2.59. The summed E-state index contributed by atoms with van der Waals surface area (Å²) in [5.41, 5.74) is 0.349. The maximum Gasteiger partial charge on any atom is 0.335 e. The number of urea groups is 1. The van der Waals surface area contributed by atoms with Crippen molar-refractivity contribution in [2.45, 2.75) is 12.8 Å². The van der Waals surface area contributed by atoms with E-state index in [0.29, 0.717) is 24.8 Å². The molecule has 1 aliphatic rings. The van der Waals surface area contributed by atoms with E-state index in [2.05, 4.69) is 10.6 Å². The number of halogens is 1. The van der Waals surface area contributed by atoms with E-state index in [4.69, 9.17) is 21.4 Å². The van der Waals surface area contributed by atoms with Gasteiger partial charge in [-0.05, 0) is 37.0 Å². The third-order valence-corrected chi connectivity index (χ3v) is 3.20. The van der Waals surface area contributed by atoms with Gasteiger partial charge in [-0.15, -0.1) is 0 Å². The first kappa shape index (κ1) is 15.6. The van der Waals surface area contributed by atoms with Crippen molar-refractivity contribution in [1.82, 2.24) is 5.32 Å². The number of hydrogen-bond donors (Lipinski definition) is 3. The maximum absolute atomic E-state index is 11.6. The number of carboxylic acid groups (broad SMARTS) is 1. The van der Waals surface area contributed by atoms with Crippen molar-refractivity contribution in [3.8, 4) is 0 Å². The second-order valence-electron chi connectivity index (χ2n) is 4.93. The summed E-state index contributed by atoms with van der Waals surface area (Å²) >= 11 is 5.80. The third-order valence-electron chi connectivity index (χ3n) is 2.99. The summed E-state index contributed by atoms with van der Waals surface area (Å²) in [4.78, 5) is 22.5. The molecule has 0 saturated heterocycles. The Hall–Kier alpha value is -1.79. The molecule has 0 unspecified atom stereocenters. The van der Waals surface area contributed by atoms with E-state index in [-0.39, 0.29) is 10.6 Å². The van der Waals surface area contributed by atoms with Crippen LogP contribution in [0.2, 0.25) is 5.02 Å². The second-order valence-corrected chi connectivity index (χ2v) is 5.37. The lowest BCUT2D eigenvalue weighted by Gasteiger charge is -2.09. The van der Waals surface area contributed by atoms with Gasteiger partial charge in [-0.1, -0.05) is 11.6 Å². The fourth-order valence-corrected chi connectivity index (χ4v) is 1.97. The van der Waals surface area contributed by atoms with Crippen LogP contribution in [0.25, 0.3) is 0 Å². The molecule has 1 saturated carbocycles. The maximum atomic E-state index is 11.6. The number of carbonyl (C=O) groups is 2. The molecule has 0 radical (unpaired) electrons. The van der Waals surface area contributed by atoms with Crippen LogP contribution in [-0.4, -0.2) is 36.9 Å². The van der Waals surface area contributed by atoms with Crippen LogP contribution in [0.15, 0.2) is 18.2 Å². The molecule has 114 valence electrons. The number of benzene rings is 1. The van der Waals surface area contributed by atoms with Gasteiger partial charge in [-0.2, -0.15) is 0 Å². The number of anilines is 1. The lowest BCUT2D eigenvalue weighted by molar-refractivity contribution is 0.0697. The molecular formula is C14H17ClN2O4. The summed E-state index contributed by atoms with van der Waals surface area (Å²) in [6.07, 6.45) is 2.46. The SMILES string of the molecule is O=C(NCCOCC1CC1)Nc1cc(Cl)cc(C(=O)O)c1. The second kappa shape index (κ2) is 7.28. The average molecular weight is 313 g/mol. The molecule has 0 heterocycles. The minimum atomic E-state index is -1.10. The molecule has 7 heteroatoms. The molecule has 1 fully saturated rings. The Labute approximate surface area is 127 Å². The van der Waals surface area contributed by atoms with Gasteiger partial charge in [0.1, 0.15) is 0 Å². The zero-order valence-corrected chi connectivity index (χ0v) is 12.2. The molecule has 0 spiro atoms. The van der Waals surface area contributed by atoms with Crippen molar-refractivity contribution in [2.24, 2.45) is 5.92 Å². The van der Waals surface area contributed by atoms with Gasteiger partial charge in [0, 0.05) is 23.9 Å². The number of carboxylic acids is 1. The number of amides is 2. The molecule has 6 nitrogen and oxygen atoms in total. The van der Waals surface area contributed by atoms with Crippen LogP contribution in [0.1, 0.15) is 23.2 Å². The predicted molar refractivity (Wildman–Crippen MR) is 79.0 cm³/mol. The Bertz CT molecular complexity index is 532. The Balaban J connectivity index is 1.74. The number of nitrogens with one attached hydrogen (secondary N) is 2. The van der Waals surface area contributed by atoms with Gasteiger partial charge >= 0.3 is 12.0 Å². The van der Waals surface area contributed by atoms with Crippen molar-refractivity contribution in [3.63, 3.8) is 0 Å². The zero-order chi connectivity index (χ0) is 15.2. The lowest BCUT2D eigenvalue weighted by Crippen LogP contribution is -2.31. The molecule has 0 aliphatic heterocycles. The van der Waals surface area contributed by atoms with Crippen molar-refractivity contribution in [2.75, 3.05) is 25.1 Å². The monoisotopic (exact) mass is 312 g/mol. The minimum Gasteiger partial charge on any atom is -0.478 e. The molecule has 1 aromatic carbocycles. The van der Waals surface area contributed by atoms with Crippen LogP contribution in [0, 0.1) is 5.92 Å². The zero-order valence-electron chi connectivity index (χ0n) is 11.4. The van der Waals surface area contributed by atoms with Gasteiger partial charge in [0.05, 0.1) is 12.2 Å². The van der Waals surface area contributed by atoms with Gasteiger partial charge in [0.15, 0.2) is 0 Å². The van der Waals surface area contributed by atoms with E-state index in [1.165, 1.54) is 31.0 Å². The largest absolute Gasteiger partial charge is 0.478 e. The van der Waals surface area contributed by atoms with Gasteiger partial charge in [-0.25, -0.2) is 9.59 Å². The van der Waals surface area contributed by atoms with E-state index < -0.39 is 12.0 Å². The first-order valence-corrected chi connectivity index (χ1v) is 7.09. The fourth-order valence-electron chi connectivity index (χ4n) is 1.73. The minimum absolute atomic E-state index is 0.0190. The Morgan fingerprint density at radius 1 is 1.33 bits per heavy atom. The highest BCUT2D eigenvalue weighted by atomic mass is 35.5. The number of carbonyl (C=O) groups excluding carboxylic acids is 1. The molecule has 0 atom stereocenters. The van der Waals surface area contributed by atoms with Crippen LogP contribution in [0.3, 0.4) is 0 Å². The summed E-state index contributed by atoms with van der Waals surface area (Å²) < 4.78 is 5.39. The molecule has 2 rings (SSSR count). The Kier molecular flexibility index (Phi) is 5.41. The highest BCUT2D eigenvalue weighted by Gasteiger charge is 2.20. The van der Waals surface area contributed by atoms with Crippen molar-refractivity contribution < 1.29 is 19.4 Å². The van der Waals surface area contributed by atoms with Gasteiger partial charge in [0.25, 0.3) is 0 Å². The quantitative estimate of drug-likeness (QED) is 0.675. The topological polar surface area (TPSA) is 87.7 Å². The average Bonchev–Trinajstić information content (AvgIpc) is 3.21.